The second-order valence-electron chi connectivity index (χ2n) is 13.3. The summed E-state index contributed by atoms with van der Waals surface area (Å²) in [4.78, 5) is 2.42. The lowest BCUT2D eigenvalue weighted by atomic mass is 9.97. The number of anilines is 3. The molecule has 0 saturated heterocycles. The quantitative estimate of drug-likeness (QED) is 0.169. The van der Waals surface area contributed by atoms with E-state index in [0.29, 0.717) is 0 Å². The smallest absolute Gasteiger partial charge is 0.0540 e. The van der Waals surface area contributed by atoms with E-state index in [1.54, 1.807) is 0 Å². The molecule has 244 valence electrons. The zero-order chi connectivity index (χ0) is 34.4. The number of fused-ring (bicyclic) bond motifs is 5. The minimum atomic E-state index is 1.11. The van der Waals surface area contributed by atoms with Crippen LogP contribution < -0.4 is 4.90 Å². The third-order valence-corrected chi connectivity index (χ3v) is 11.5. The Labute approximate surface area is 307 Å². The molecule has 0 radical (unpaired) electrons. The molecular formula is C50H33NS. The molecule has 10 rings (SSSR count). The summed E-state index contributed by atoms with van der Waals surface area (Å²) < 4.78 is 2.63. The van der Waals surface area contributed by atoms with Crippen LogP contribution in [-0.4, -0.2) is 0 Å². The Bertz CT molecular complexity index is 2890. The Balaban J connectivity index is 1.13. The monoisotopic (exact) mass is 679 g/mol. The maximum atomic E-state index is 2.42. The van der Waals surface area contributed by atoms with Gasteiger partial charge < -0.3 is 4.90 Å². The van der Waals surface area contributed by atoms with Gasteiger partial charge in [0.15, 0.2) is 0 Å². The van der Waals surface area contributed by atoms with Crippen LogP contribution in [0.3, 0.4) is 0 Å². The second kappa shape index (κ2) is 12.7. The lowest BCUT2D eigenvalue weighted by Gasteiger charge is -2.28. The van der Waals surface area contributed by atoms with Gasteiger partial charge in [0.25, 0.3) is 0 Å². The second-order valence-corrected chi connectivity index (χ2v) is 14.4. The number of nitrogens with zero attached hydrogens (tertiary/aromatic N) is 1. The van der Waals surface area contributed by atoms with Crippen molar-refractivity contribution in [3.8, 4) is 33.4 Å². The Morgan fingerprint density at radius 2 is 0.885 bits per heavy atom. The molecule has 0 saturated carbocycles. The summed E-state index contributed by atoms with van der Waals surface area (Å²) in [5.41, 5.74) is 10.7. The van der Waals surface area contributed by atoms with Gasteiger partial charge in [0, 0.05) is 42.7 Å². The Hall–Kier alpha value is -6.48. The first kappa shape index (κ1) is 30.4. The van der Waals surface area contributed by atoms with Gasteiger partial charge in [-0.05, 0) is 86.3 Å². The molecule has 52 heavy (non-hydrogen) atoms. The van der Waals surface area contributed by atoms with Crippen LogP contribution in [0.15, 0.2) is 200 Å². The molecule has 10 aromatic rings. The number of hydrogen-bond acceptors (Lipinski definition) is 2. The van der Waals surface area contributed by atoms with Crippen molar-refractivity contribution < 1.29 is 0 Å². The summed E-state index contributed by atoms with van der Waals surface area (Å²) in [6.07, 6.45) is 0. The largest absolute Gasteiger partial charge is 0.310 e. The van der Waals surface area contributed by atoms with Crippen LogP contribution in [0.5, 0.6) is 0 Å². The highest BCUT2D eigenvalue weighted by molar-refractivity contribution is 7.26. The van der Waals surface area contributed by atoms with Gasteiger partial charge in [-0.3, -0.25) is 0 Å². The van der Waals surface area contributed by atoms with Crippen LogP contribution in [-0.2, 0) is 0 Å². The molecule has 0 atom stereocenters. The minimum Gasteiger partial charge on any atom is -0.310 e. The fraction of sp³-hybridized carbons (Fsp3) is 0. The van der Waals surface area contributed by atoms with Gasteiger partial charge in [-0.15, -0.1) is 11.3 Å². The highest BCUT2D eigenvalue weighted by Gasteiger charge is 2.20. The summed E-state index contributed by atoms with van der Waals surface area (Å²) >= 11 is 1.88. The molecule has 0 unspecified atom stereocenters. The SMILES string of the molecule is c1ccc(N(c2ccc(-c3ccc4ccccc4c3)cc2)c2ccc(-c3cccc4ccccc34)cc2)c(-c2cccc3c2sc2ccccc23)c1. The van der Waals surface area contributed by atoms with Crippen molar-refractivity contribution in [3.05, 3.63) is 200 Å². The molecule has 0 N–H and O–H groups in total. The zero-order valence-electron chi connectivity index (χ0n) is 28.4. The van der Waals surface area contributed by atoms with Crippen LogP contribution >= 0.6 is 11.3 Å². The van der Waals surface area contributed by atoms with Crippen molar-refractivity contribution in [2.45, 2.75) is 0 Å². The Morgan fingerprint density at radius 1 is 0.327 bits per heavy atom. The predicted molar refractivity (Wildman–Crippen MR) is 225 cm³/mol. The van der Waals surface area contributed by atoms with Crippen molar-refractivity contribution in [1.29, 1.82) is 0 Å². The molecule has 2 heteroatoms. The average Bonchev–Trinajstić information content (AvgIpc) is 3.60. The van der Waals surface area contributed by atoms with Gasteiger partial charge >= 0.3 is 0 Å². The van der Waals surface area contributed by atoms with Gasteiger partial charge in [0.05, 0.1) is 5.69 Å². The van der Waals surface area contributed by atoms with Crippen LogP contribution in [0.2, 0.25) is 0 Å². The summed E-state index contributed by atoms with van der Waals surface area (Å²) in [5.74, 6) is 0. The minimum absolute atomic E-state index is 1.11. The number of rotatable bonds is 6. The zero-order valence-corrected chi connectivity index (χ0v) is 29.2. The van der Waals surface area contributed by atoms with E-state index in [9.17, 15) is 0 Å². The van der Waals surface area contributed by atoms with Crippen LogP contribution in [0.1, 0.15) is 0 Å². The van der Waals surface area contributed by atoms with Gasteiger partial charge in [-0.2, -0.15) is 0 Å². The molecular weight excluding hydrogens is 647 g/mol. The first-order valence-corrected chi connectivity index (χ1v) is 18.6. The molecule has 1 aromatic heterocycles. The van der Waals surface area contributed by atoms with Gasteiger partial charge in [0.2, 0.25) is 0 Å². The molecule has 0 fully saturated rings. The molecule has 0 aliphatic rings. The summed E-state index contributed by atoms with van der Waals surface area (Å²) in [7, 11) is 0. The number of para-hydroxylation sites is 1. The van der Waals surface area contributed by atoms with Crippen molar-refractivity contribution in [3.63, 3.8) is 0 Å². The van der Waals surface area contributed by atoms with E-state index in [1.165, 1.54) is 75.1 Å². The van der Waals surface area contributed by atoms with Crippen molar-refractivity contribution >= 4 is 70.1 Å². The molecule has 0 spiro atoms. The molecule has 1 heterocycles. The van der Waals surface area contributed by atoms with E-state index in [4.69, 9.17) is 0 Å². The summed E-state index contributed by atoms with van der Waals surface area (Å²) in [5, 5.41) is 7.64. The molecule has 0 aliphatic heterocycles. The van der Waals surface area contributed by atoms with E-state index in [2.05, 4.69) is 205 Å². The average molecular weight is 680 g/mol. The third-order valence-electron chi connectivity index (χ3n) is 10.3. The van der Waals surface area contributed by atoms with E-state index < -0.39 is 0 Å². The topological polar surface area (TPSA) is 3.24 Å². The van der Waals surface area contributed by atoms with Gasteiger partial charge in [-0.1, -0.05) is 158 Å². The first-order valence-electron chi connectivity index (χ1n) is 17.8. The molecule has 1 nitrogen and oxygen atoms in total. The summed E-state index contributed by atoms with van der Waals surface area (Å²) in [6.45, 7) is 0. The Morgan fingerprint density at radius 3 is 1.71 bits per heavy atom. The van der Waals surface area contributed by atoms with E-state index in [-0.39, 0.29) is 0 Å². The predicted octanol–water partition coefficient (Wildman–Crippen LogP) is 14.8. The molecule has 0 aliphatic carbocycles. The molecule has 0 amide bonds. The standard InChI is InChI=1S/C50H33NS/c1-2-13-38-33-39(24-23-34(38)11-1)35-25-29-40(30-26-35)51(41-31-27-37(28-32-41)43-18-9-14-36-12-3-4-15-42(36)43)48-21-7-5-16-44(48)46-19-10-20-47-45-17-6-8-22-49(45)52-50(46)47/h1-33H. The maximum Gasteiger partial charge on any atom is 0.0540 e. The maximum absolute atomic E-state index is 2.42. The van der Waals surface area contributed by atoms with Gasteiger partial charge in [-0.25, -0.2) is 0 Å². The number of benzene rings is 9. The van der Waals surface area contributed by atoms with Crippen LogP contribution in [0, 0.1) is 0 Å². The normalized spacial score (nSPS) is 11.5. The number of thiophene rings is 1. The summed E-state index contributed by atoms with van der Waals surface area (Å²) in [6, 6.07) is 72.9. The number of hydrogen-bond donors (Lipinski definition) is 0. The fourth-order valence-corrected chi connectivity index (χ4v) is 8.95. The third kappa shape index (κ3) is 5.24. The highest BCUT2D eigenvalue weighted by atomic mass is 32.1. The van der Waals surface area contributed by atoms with Crippen molar-refractivity contribution in [1.82, 2.24) is 0 Å². The first-order chi connectivity index (χ1) is 25.8. The fourth-order valence-electron chi connectivity index (χ4n) is 7.72. The van der Waals surface area contributed by atoms with Crippen molar-refractivity contribution in [2.75, 3.05) is 4.90 Å². The van der Waals surface area contributed by atoms with Crippen LogP contribution in [0.4, 0.5) is 17.1 Å². The lowest BCUT2D eigenvalue weighted by molar-refractivity contribution is 1.28. The van der Waals surface area contributed by atoms with Crippen molar-refractivity contribution in [2.24, 2.45) is 0 Å². The van der Waals surface area contributed by atoms with Gasteiger partial charge in [0.1, 0.15) is 0 Å². The Kier molecular flexibility index (Phi) is 7.41. The highest BCUT2D eigenvalue weighted by Crippen LogP contribution is 2.46. The van der Waals surface area contributed by atoms with E-state index >= 15 is 0 Å². The molecule has 9 aromatic carbocycles. The van der Waals surface area contributed by atoms with E-state index in [0.717, 1.165) is 17.1 Å². The lowest BCUT2D eigenvalue weighted by Crippen LogP contribution is -2.11. The van der Waals surface area contributed by atoms with Crippen LogP contribution in [0.25, 0.3) is 75.1 Å². The molecule has 0 bridgehead atoms. The van der Waals surface area contributed by atoms with E-state index in [1.807, 2.05) is 11.3 Å².